The minimum atomic E-state index is -4.41. The van der Waals surface area contributed by atoms with E-state index in [1.54, 1.807) is 29.4 Å². The molecule has 2 aromatic rings. The minimum Gasteiger partial charge on any atom is -0.490 e. The molecule has 2 N–H and O–H groups in total. The fourth-order valence-corrected chi connectivity index (χ4v) is 2.74. The number of halogens is 4. The summed E-state index contributed by atoms with van der Waals surface area (Å²) in [4.78, 5) is 18.2. The van der Waals surface area contributed by atoms with E-state index in [-0.39, 0.29) is 31.1 Å². The number of anilines is 1. The molecule has 6 nitrogen and oxygen atoms in total. The van der Waals surface area contributed by atoms with Gasteiger partial charge in [-0.2, -0.15) is 13.2 Å². The maximum Gasteiger partial charge on any atom is 0.416 e. The Hall–Kier alpha value is -2.52. The number of urea groups is 1. The molecule has 1 aromatic heterocycles. The Kier molecular flexibility index (Phi) is 7.47. The van der Waals surface area contributed by atoms with Gasteiger partial charge in [-0.25, -0.2) is 4.79 Å². The summed E-state index contributed by atoms with van der Waals surface area (Å²) in [6.07, 6.45) is -1.18. The van der Waals surface area contributed by atoms with Crippen molar-refractivity contribution in [1.82, 2.24) is 15.2 Å². The molecule has 2 amide bonds. The van der Waals surface area contributed by atoms with E-state index < -0.39 is 11.7 Å². The molecule has 1 aromatic carbocycles. The Bertz CT molecular complexity index is 760. The van der Waals surface area contributed by atoms with Crippen molar-refractivity contribution in [3.8, 4) is 5.75 Å². The van der Waals surface area contributed by atoms with Crippen LogP contribution in [0.15, 0.2) is 48.8 Å². The highest BCUT2D eigenvalue weighted by molar-refractivity contribution is 5.89. The monoisotopic (exact) mass is 416 g/mol. The van der Waals surface area contributed by atoms with Gasteiger partial charge in [-0.05, 0) is 36.4 Å². The van der Waals surface area contributed by atoms with Gasteiger partial charge in [0.15, 0.2) is 0 Å². The molecular formula is C18H20ClF3N4O2. The summed E-state index contributed by atoms with van der Waals surface area (Å²) in [5, 5.41) is 5.84. The summed E-state index contributed by atoms with van der Waals surface area (Å²) in [5.41, 5.74) is -0.455. The number of nitrogens with zero attached hydrogens (tertiary/aromatic N) is 2. The van der Waals surface area contributed by atoms with Crippen molar-refractivity contribution in [3.63, 3.8) is 0 Å². The largest absolute Gasteiger partial charge is 0.490 e. The van der Waals surface area contributed by atoms with Gasteiger partial charge in [0.2, 0.25) is 0 Å². The molecule has 1 saturated heterocycles. The minimum absolute atomic E-state index is 0. The third-order valence-corrected chi connectivity index (χ3v) is 4.15. The van der Waals surface area contributed by atoms with Crippen molar-refractivity contribution in [2.45, 2.75) is 12.2 Å². The van der Waals surface area contributed by atoms with Gasteiger partial charge in [0.05, 0.1) is 17.8 Å². The molecule has 1 aliphatic heterocycles. The molecule has 3 rings (SSSR count). The summed E-state index contributed by atoms with van der Waals surface area (Å²) in [6, 6.07) is 7.30. The van der Waals surface area contributed by atoms with Gasteiger partial charge in [0, 0.05) is 31.5 Å². The van der Waals surface area contributed by atoms with Crippen molar-refractivity contribution in [1.29, 1.82) is 0 Å². The first kappa shape index (κ1) is 21.8. The Morgan fingerprint density at radius 2 is 2.04 bits per heavy atom. The van der Waals surface area contributed by atoms with E-state index >= 15 is 0 Å². The highest BCUT2D eigenvalue weighted by Gasteiger charge is 2.30. The van der Waals surface area contributed by atoms with Crippen molar-refractivity contribution in [3.05, 3.63) is 54.4 Å². The van der Waals surface area contributed by atoms with Gasteiger partial charge in [-0.1, -0.05) is 0 Å². The molecule has 0 radical (unpaired) electrons. The second-order valence-corrected chi connectivity index (χ2v) is 6.06. The van der Waals surface area contributed by atoms with Crippen LogP contribution in [0.2, 0.25) is 0 Å². The summed E-state index contributed by atoms with van der Waals surface area (Å²) in [6.45, 7) is 1.93. The van der Waals surface area contributed by atoms with Gasteiger partial charge in [0.1, 0.15) is 12.4 Å². The zero-order valence-corrected chi connectivity index (χ0v) is 15.6. The SMILES string of the molecule is Cl.O=C(Nc1ccc(C(F)(F)F)cc1)N1CCNCC1COc1cccnc1. The van der Waals surface area contributed by atoms with Crippen LogP contribution < -0.4 is 15.4 Å². The topological polar surface area (TPSA) is 66.5 Å². The average molecular weight is 417 g/mol. The van der Waals surface area contributed by atoms with E-state index in [0.29, 0.717) is 31.1 Å². The first-order chi connectivity index (χ1) is 12.9. The number of carbonyl (C=O) groups excluding carboxylic acids is 1. The van der Waals surface area contributed by atoms with Crippen LogP contribution in [0.4, 0.5) is 23.7 Å². The molecule has 1 fully saturated rings. The fraction of sp³-hybridized carbons (Fsp3) is 0.333. The van der Waals surface area contributed by atoms with Crippen LogP contribution in [0, 0.1) is 0 Å². The van der Waals surface area contributed by atoms with Crippen LogP contribution >= 0.6 is 12.4 Å². The number of alkyl halides is 3. The zero-order valence-electron chi connectivity index (χ0n) is 14.8. The van der Waals surface area contributed by atoms with Crippen molar-refractivity contribution < 1.29 is 22.7 Å². The van der Waals surface area contributed by atoms with E-state index in [2.05, 4.69) is 15.6 Å². The predicted molar refractivity (Wildman–Crippen MR) is 101 cm³/mol. The Morgan fingerprint density at radius 1 is 1.29 bits per heavy atom. The van der Waals surface area contributed by atoms with E-state index in [1.807, 2.05) is 0 Å². The molecule has 0 spiro atoms. The molecular weight excluding hydrogens is 397 g/mol. The molecule has 152 valence electrons. The van der Waals surface area contributed by atoms with E-state index in [0.717, 1.165) is 12.1 Å². The lowest BCUT2D eigenvalue weighted by Gasteiger charge is -2.35. The number of hydrogen-bond acceptors (Lipinski definition) is 4. The van der Waals surface area contributed by atoms with Crippen LogP contribution in [0.1, 0.15) is 5.56 Å². The summed E-state index contributed by atoms with van der Waals surface area (Å²) in [7, 11) is 0. The third-order valence-electron chi connectivity index (χ3n) is 4.15. The number of amides is 2. The molecule has 28 heavy (non-hydrogen) atoms. The van der Waals surface area contributed by atoms with E-state index in [9.17, 15) is 18.0 Å². The zero-order chi connectivity index (χ0) is 19.3. The molecule has 1 aliphatic rings. The lowest BCUT2D eigenvalue weighted by molar-refractivity contribution is -0.137. The average Bonchev–Trinajstić information content (AvgIpc) is 2.67. The van der Waals surface area contributed by atoms with Crippen molar-refractivity contribution in [2.75, 3.05) is 31.6 Å². The number of piperazine rings is 1. The van der Waals surface area contributed by atoms with Crippen LogP contribution in [0.25, 0.3) is 0 Å². The van der Waals surface area contributed by atoms with Crippen molar-refractivity contribution in [2.24, 2.45) is 0 Å². The second-order valence-electron chi connectivity index (χ2n) is 6.06. The summed E-state index contributed by atoms with van der Waals surface area (Å²) < 4.78 is 43.6. The number of ether oxygens (including phenoxy) is 1. The van der Waals surface area contributed by atoms with Gasteiger partial charge in [0.25, 0.3) is 0 Å². The molecule has 10 heteroatoms. The summed E-state index contributed by atoms with van der Waals surface area (Å²) in [5.74, 6) is 0.603. The number of hydrogen-bond donors (Lipinski definition) is 2. The van der Waals surface area contributed by atoms with Crippen LogP contribution in [0.3, 0.4) is 0 Å². The van der Waals surface area contributed by atoms with Gasteiger partial charge >= 0.3 is 12.2 Å². The smallest absolute Gasteiger partial charge is 0.416 e. The van der Waals surface area contributed by atoms with Gasteiger partial charge in [-0.3, -0.25) is 4.98 Å². The Balaban J connectivity index is 0.00000280. The van der Waals surface area contributed by atoms with Gasteiger partial charge < -0.3 is 20.3 Å². The summed E-state index contributed by atoms with van der Waals surface area (Å²) >= 11 is 0. The molecule has 1 unspecified atom stereocenters. The number of nitrogens with one attached hydrogen (secondary N) is 2. The number of rotatable bonds is 4. The second kappa shape index (κ2) is 9.61. The third kappa shape index (κ3) is 5.74. The maximum atomic E-state index is 12.6. The first-order valence-electron chi connectivity index (χ1n) is 8.42. The van der Waals surface area contributed by atoms with Crippen LogP contribution in [-0.2, 0) is 6.18 Å². The lowest BCUT2D eigenvalue weighted by Crippen LogP contribution is -2.57. The molecule has 1 atom stereocenters. The van der Waals surface area contributed by atoms with Crippen molar-refractivity contribution >= 4 is 24.1 Å². The Labute approximate surface area is 166 Å². The van der Waals surface area contributed by atoms with E-state index in [4.69, 9.17) is 4.74 Å². The van der Waals surface area contributed by atoms with Gasteiger partial charge in [-0.15, -0.1) is 12.4 Å². The lowest BCUT2D eigenvalue weighted by atomic mass is 10.2. The maximum absolute atomic E-state index is 12.6. The number of carbonyl (C=O) groups is 1. The first-order valence-corrected chi connectivity index (χ1v) is 8.42. The standard InChI is InChI=1S/C18H19F3N4O2.ClH/c19-18(20,21)13-3-5-14(6-4-13)24-17(26)25-9-8-23-10-15(25)12-27-16-2-1-7-22-11-16;/h1-7,11,15,23H,8-10,12H2,(H,24,26);1H. The normalized spacial score (nSPS) is 16.8. The number of aromatic nitrogens is 1. The highest BCUT2D eigenvalue weighted by atomic mass is 35.5. The highest BCUT2D eigenvalue weighted by Crippen LogP contribution is 2.29. The fourth-order valence-electron chi connectivity index (χ4n) is 2.74. The van der Waals surface area contributed by atoms with Crippen LogP contribution in [-0.4, -0.2) is 48.2 Å². The number of pyridine rings is 1. The molecule has 2 heterocycles. The Morgan fingerprint density at radius 3 is 2.68 bits per heavy atom. The number of benzene rings is 1. The molecule has 0 saturated carbocycles. The molecule has 0 aliphatic carbocycles. The van der Waals surface area contributed by atoms with E-state index in [1.165, 1.54) is 12.1 Å². The molecule has 0 bridgehead atoms. The quantitative estimate of drug-likeness (QED) is 0.801. The van der Waals surface area contributed by atoms with Crippen LogP contribution in [0.5, 0.6) is 5.75 Å². The predicted octanol–water partition coefficient (Wildman–Crippen LogP) is 3.41.